The Bertz CT molecular complexity index is 631. The van der Waals surface area contributed by atoms with Gasteiger partial charge < -0.3 is 10.2 Å². The predicted molar refractivity (Wildman–Crippen MR) is 75.7 cm³/mol. The summed E-state index contributed by atoms with van der Waals surface area (Å²) in [5.74, 6) is -2.92. The van der Waals surface area contributed by atoms with Crippen LogP contribution in [0, 0.1) is 17.5 Å². The summed E-state index contributed by atoms with van der Waals surface area (Å²) in [6, 6.07) is 11.3. The van der Waals surface area contributed by atoms with Gasteiger partial charge in [0.1, 0.15) is 5.82 Å². The Balaban J connectivity index is 1.85. The van der Waals surface area contributed by atoms with E-state index in [9.17, 15) is 13.2 Å². The molecule has 0 saturated carbocycles. The molecule has 0 aromatic heterocycles. The topological polar surface area (TPSA) is 15.3 Å². The Labute approximate surface area is 121 Å². The fourth-order valence-corrected chi connectivity index (χ4v) is 2.63. The first kappa shape index (κ1) is 13.9. The van der Waals surface area contributed by atoms with Gasteiger partial charge in [-0.2, -0.15) is 0 Å². The molecular weight excluding hydrogens is 277 g/mol. The van der Waals surface area contributed by atoms with Crippen molar-refractivity contribution >= 4 is 5.69 Å². The monoisotopic (exact) mass is 292 g/mol. The van der Waals surface area contributed by atoms with E-state index >= 15 is 0 Å². The normalized spacial score (nSPS) is 18.8. The summed E-state index contributed by atoms with van der Waals surface area (Å²) < 4.78 is 40.2. The smallest absolute Gasteiger partial charge is 0.161 e. The Morgan fingerprint density at radius 2 is 1.67 bits per heavy atom. The third-order valence-electron chi connectivity index (χ3n) is 3.71. The van der Waals surface area contributed by atoms with Gasteiger partial charge in [0.05, 0.1) is 5.69 Å². The van der Waals surface area contributed by atoms with Gasteiger partial charge >= 0.3 is 0 Å². The lowest BCUT2D eigenvalue weighted by molar-refractivity contribution is 0.459. The number of hydrogen-bond donors (Lipinski definition) is 1. The van der Waals surface area contributed by atoms with Crippen molar-refractivity contribution in [3.8, 4) is 0 Å². The quantitative estimate of drug-likeness (QED) is 0.855. The Kier molecular flexibility index (Phi) is 3.84. The summed E-state index contributed by atoms with van der Waals surface area (Å²) in [7, 11) is 0. The lowest BCUT2D eigenvalue weighted by atomic mass is 10.0. The molecule has 0 amide bonds. The molecular formula is C16H15F3N2. The van der Waals surface area contributed by atoms with E-state index in [-0.39, 0.29) is 11.7 Å². The Hall–Kier alpha value is -2.01. The maximum Gasteiger partial charge on any atom is 0.161 e. The van der Waals surface area contributed by atoms with Crippen LogP contribution in [-0.2, 0) is 0 Å². The third kappa shape index (κ3) is 2.88. The van der Waals surface area contributed by atoms with Crippen molar-refractivity contribution in [2.45, 2.75) is 6.04 Å². The van der Waals surface area contributed by atoms with Crippen LogP contribution in [0.25, 0.3) is 0 Å². The molecule has 1 aliphatic heterocycles. The Morgan fingerprint density at radius 1 is 0.952 bits per heavy atom. The highest BCUT2D eigenvalue weighted by Gasteiger charge is 2.23. The van der Waals surface area contributed by atoms with Crippen LogP contribution in [0.4, 0.5) is 18.9 Å². The average Bonchev–Trinajstić information content (AvgIpc) is 2.52. The molecule has 21 heavy (non-hydrogen) atoms. The van der Waals surface area contributed by atoms with Gasteiger partial charge in [0.25, 0.3) is 0 Å². The summed E-state index contributed by atoms with van der Waals surface area (Å²) in [4.78, 5) is 1.74. The molecule has 2 nitrogen and oxygen atoms in total. The van der Waals surface area contributed by atoms with Crippen LogP contribution in [-0.4, -0.2) is 19.6 Å². The van der Waals surface area contributed by atoms with Gasteiger partial charge in [0.15, 0.2) is 11.6 Å². The number of halogens is 3. The highest BCUT2D eigenvalue weighted by Crippen LogP contribution is 2.26. The zero-order valence-corrected chi connectivity index (χ0v) is 11.3. The molecule has 1 atom stereocenters. The van der Waals surface area contributed by atoms with Gasteiger partial charge in [-0.05, 0) is 5.56 Å². The SMILES string of the molecule is Fc1cc(F)c(N2CCNC(c3ccccc3)C2)cc1F. The summed E-state index contributed by atoms with van der Waals surface area (Å²) in [6.45, 7) is 1.70. The van der Waals surface area contributed by atoms with Gasteiger partial charge in [0.2, 0.25) is 0 Å². The largest absolute Gasteiger partial charge is 0.366 e. The standard InChI is InChI=1S/C16H15F3N2/c17-12-8-14(19)16(9-13(12)18)21-7-6-20-15(10-21)11-4-2-1-3-5-11/h1-5,8-9,15,20H,6-7,10H2. The number of nitrogens with one attached hydrogen (secondary N) is 1. The number of benzene rings is 2. The molecule has 0 aliphatic carbocycles. The van der Waals surface area contributed by atoms with Crippen molar-refractivity contribution in [2.24, 2.45) is 0 Å². The van der Waals surface area contributed by atoms with Crippen molar-refractivity contribution in [2.75, 3.05) is 24.5 Å². The molecule has 1 heterocycles. The number of piperazine rings is 1. The highest BCUT2D eigenvalue weighted by molar-refractivity contribution is 5.49. The lowest BCUT2D eigenvalue weighted by Gasteiger charge is -2.35. The van der Waals surface area contributed by atoms with Crippen molar-refractivity contribution in [3.05, 3.63) is 65.5 Å². The second kappa shape index (κ2) is 5.77. The maximum absolute atomic E-state index is 13.9. The summed E-state index contributed by atoms with van der Waals surface area (Å²) in [6.07, 6.45) is 0. The van der Waals surface area contributed by atoms with Crippen LogP contribution in [0.15, 0.2) is 42.5 Å². The van der Waals surface area contributed by atoms with E-state index < -0.39 is 17.5 Å². The van der Waals surface area contributed by atoms with Crippen molar-refractivity contribution in [1.29, 1.82) is 0 Å². The van der Waals surface area contributed by atoms with E-state index in [2.05, 4.69) is 5.32 Å². The zero-order valence-electron chi connectivity index (χ0n) is 11.3. The van der Waals surface area contributed by atoms with Crippen molar-refractivity contribution in [1.82, 2.24) is 5.32 Å². The van der Waals surface area contributed by atoms with Gasteiger partial charge in [0, 0.05) is 37.8 Å². The van der Waals surface area contributed by atoms with Gasteiger partial charge in [-0.3, -0.25) is 0 Å². The molecule has 0 bridgehead atoms. The van der Waals surface area contributed by atoms with Crippen LogP contribution in [0.5, 0.6) is 0 Å². The molecule has 1 aliphatic rings. The van der Waals surface area contributed by atoms with E-state index in [1.54, 1.807) is 4.90 Å². The van der Waals surface area contributed by atoms with Crippen LogP contribution < -0.4 is 10.2 Å². The number of hydrogen-bond acceptors (Lipinski definition) is 2. The Morgan fingerprint density at radius 3 is 2.43 bits per heavy atom. The third-order valence-corrected chi connectivity index (χ3v) is 3.71. The first-order valence-corrected chi connectivity index (χ1v) is 6.83. The van der Waals surface area contributed by atoms with E-state index in [1.807, 2.05) is 30.3 Å². The first-order valence-electron chi connectivity index (χ1n) is 6.83. The minimum Gasteiger partial charge on any atom is -0.366 e. The molecule has 1 unspecified atom stereocenters. The molecule has 5 heteroatoms. The van der Waals surface area contributed by atoms with E-state index in [4.69, 9.17) is 0 Å². The zero-order chi connectivity index (χ0) is 14.8. The number of rotatable bonds is 2. The molecule has 2 aromatic rings. The molecule has 0 spiro atoms. The van der Waals surface area contributed by atoms with Gasteiger partial charge in [-0.15, -0.1) is 0 Å². The minimum atomic E-state index is -1.16. The van der Waals surface area contributed by atoms with E-state index in [0.717, 1.165) is 11.6 Å². The molecule has 2 aromatic carbocycles. The van der Waals surface area contributed by atoms with Crippen LogP contribution in [0.2, 0.25) is 0 Å². The highest BCUT2D eigenvalue weighted by atomic mass is 19.2. The fraction of sp³-hybridized carbons (Fsp3) is 0.250. The number of nitrogens with zero attached hydrogens (tertiary/aromatic N) is 1. The second-order valence-corrected chi connectivity index (χ2v) is 5.08. The fourth-order valence-electron chi connectivity index (χ4n) is 2.63. The summed E-state index contributed by atoms with van der Waals surface area (Å²) in [5.41, 5.74) is 1.20. The molecule has 1 saturated heterocycles. The second-order valence-electron chi connectivity index (χ2n) is 5.08. The van der Waals surface area contributed by atoms with Crippen LogP contribution >= 0.6 is 0 Å². The molecule has 1 N–H and O–H groups in total. The van der Waals surface area contributed by atoms with Gasteiger partial charge in [-0.1, -0.05) is 30.3 Å². The molecule has 3 rings (SSSR count). The predicted octanol–water partition coefficient (Wildman–Crippen LogP) is 3.25. The van der Waals surface area contributed by atoms with Gasteiger partial charge in [-0.25, -0.2) is 13.2 Å². The summed E-state index contributed by atoms with van der Waals surface area (Å²) in [5, 5.41) is 3.35. The lowest BCUT2D eigenvalue weighted by Crippen LogP contribution is -2.46. The van der Waals surface area contributed by atoms with E-state index in [0.29, 0.717) is 25.7 Å². The average molecular weight is 292 g/mol. The van der Waals surface area contributed by atoms with Crippen LogP contribution in [0.3, 0.4) is 0 Å². The number of anilines is 1. The minimum absolute atomic E-state index is 0.0347. The summed E-state index contributed by atoms with van der Waals surface area (Å²) >= 11 is 0. The molecule has 0 radical (unpaired) electrons. The van der Waals surface area contributed by atoms with Crippen molar-refractivity contribution in [3.63, 3.8) is 0 Å². The van der Waals surface area contributed by atoms with Crippen LogP contribution in [0.1, 0.15) is 11.6 Å². The maximum atomic E-state index is 13.9. The molecule has 1 fully saturated rings. The molecule has 110 valence electrons. The first-order chi connectivity index (χ1) is 10.1. The van der Waals surface area contributed by atoms with Crippen molar-refractivity contribution < 1.29 is 13.2 Å². The van der Waals surface area contributed by atoms with E-state index in [1.165, 1.54) is 0 Å².